The highest BCUT2D eigenvalue weighted by Crippen LogP contribution is 2.26. The summed E-state index contributed by atoms with van der Waals surface area (Å²) in [4.78, 5) is 0.115. The fourth-order valence-corrected chi connectivity index (χ4v) is 3.48. The number of hydrogen-bond acceptors (Lipinski definition) is 4. The lowest BCUT2D eigenvalue weighted by Gasteiger charge is -2.14. The Labute approximate surface area is 109 Å². The van der Waals surface area contributed by atoms with Crippen molar-refractivity contribution in [1.29, 1.82) is 0 Å². The molecule has 5 nitrogen and oxygen atoms in total. The predicted molar refractivity (Wildman–Crippen MR) is 70.2 cm³/mol. The molecule has 0 saturated heterocycles. The second kappa shape index (κ2) is 5.34. The second-order valence-electron chi connectivity index (χ2n) is 3.82. The summed E-state index contributed by atoms with van der Waals surface area (Å²) < 4.78 is 27.0. The lowest BCUT2D eigenvalue weighted by atomic mass is 10.2. The fraction of sp³-hybridized carbons (Fsp3) is 0.400. The lowest BCUT2D eigenvalue weighted by molar-refractivity contribution is 0.265. The van der Waals surface area contributed by atoms with Crippen molar-refractivity contribution in [3.05, 3.63) is 22.2 Å². The standard InChI is InChI=1S/C10H15BrN2O3S/c1-6(5-14)13-17(15,16)10-4-8(11)3-9(12)7(10)2/h3-4,6,13-14H,5,12H2,1-2H3/t6-/m0/s1. The molecule has 1 rings (SSSR count). The molecule has 17 heavy (non-hydrogen) atoms. The zero-order valence-electron chi connectivity index (χ0n) is 9.57. The van der Waals surface area contributed by atoms with E-state index in [2.05, 4.69) is 20.7 Å². The van der Waals surface area contributed by atoms with Crippen molar-refractivity contribution in [3.63, 3.8) is 0 Å². The Balaban J connectivity index is 3.24. The van der Waals surface area contributed by atoms with Crippen molar-refractivity contribution in [2.24, 2.45) is 0 Å². The molecule has 0 heterocycles. The van der Waals surface area contributed by atoms with Gasteiger partial charge in [0.15, 0.2) is 0 Å². The monoisotopic (exact) mass is 322 g/mol. The molecular weight excluding hydrogens is 308 g/mol. The summed E-state index contributed by atoms with van der Waals surface area (Å²) in [6.45, 7) is 2.95. The van der Waals surface area contributed by atoms with Crippen LogP contribution in [0.5, 0.6) is 0 Å². The summed E-state index contributed by atoms with van der Waals surface area (Å²) in [5.74, 6) is 0. The van der Waals surface area contributed by atoms with Crippen LogP contribution in [0.15, 0.2) is 21.5 Å². The maximum absolute atomic E-state index is 12.0. The van der Waals surface area contributed by atoms with Gasteiger partial charge in [-0.1, -0.05) is 15.9 Å². The van der Waals surface area contributed by atoms with Gasteiger partial charge in [-0.15, -0.1) is 0 Å². The van der Waals surface area contributed by atoms with Crippen LogP contribution in [-0.2, 0) is 10.0 Å². The highest BCUT2D eigenvalue weighted by molar-refractivity contribution is 9.10. The smallest absolute Gasteiger partial charge is 0.241 e. The van der Waals surface area contributed by atoms with Gasteiger partial charge in [0.1, 0.15) is 0 Å². The third-order valence-corrected chi connectivity index (χ3v) is 4.46. The Kier molecular flexibility index (Phi) is 4.54. The normalized spacial score (nSPS) is 13.6. The number of halogens is 1. The maximum Gasteiger partial charge on any atom is 0.241 e. The zero-order valence-corrected chi connectivity index (χ0v) is 12.0. The number of nitrogens with two attached hydrogens (primary N) is 1. The van der Waals surface area contributed by atoms with Gasteiger partial charge in [-0.3, -0.25) is 0 Å². The number of benzene rings is 1. The van der Waals surface area contributed by atoms with E-state index in [0.29, 0.717) is 15.7 Å². The van der Waals surface area contributed by atoms with E-state index >= 15 is 0 Å². The van der Waals surface area contributed by atoms with E-state index in [1.807, 2.05) is 0 Å². The summed E-state index contributed by atoms with van der Waals surface area (Å²) in [5, 5.41) is 8.86. The summed E-state index contributed by atoms with van der Waals surface area (Å²) in [7, 11) is -3.67. The molecule has 0 aliphatic rings. The molecule has 0 aliphatic heterocycles. The Bertz CT molecular complexity index is 517. The van der Waals surface area contributed by atoms with Gasteiger partial charge in [-0.2, -0.15) is 0 Å². The topological polar surface area (TPSA) is 92.4 Å². The molecule has 96 valence electrons. The third-order valence-electron chi connectivity index (χ3n) is 2.28. The van der Waals surface area contributed by atoms with E-state index in [4.69, 9.17) is 10.8 Å². The fourth-order valence-electron chi connectivity index (χ4n) is 1.32. The van der Waals surface area contributed by atoms with Crippen LogP contribution >= 0.6 is 15.9 Å². The van der Waals surface area contributed by atoms with Gasteiger partial charge in [-0.25, -0.2) is 13.1 Å². The van der Waals surface area contributed by atoms with Crippen molar-refractivity contribution < 1.29 is 13.5 Å². The second-order valence-corrected chi connectivity index (χ2v) is 6.42. The van der Waals surface area contributed by atoms with E-state index in [9.17, 15) is 8.42 Å². The highest BCUT2D eigenvalue weighted by Gasteiger charge is 2.20. The van der Waals surface area contributed by atoms with Crippen LogP contribution in [0.2, 0.25) is 0 Å². The highest BCUT2D eigenvalue weighted by atomic mass is 79.9. The van der Waals surface area contributed by atoms with E-state index in [-0.39, 0.29) is 11.5 Å². The molecule has 0 saturated carbocycles. The van der Waals surface area contributed by atoms with Crippen molar-refractivity contribution in [3.8, 4) is 0 Å². The first-order valence-electron chi connectivity index (χ1n) is 4.96. The first-order chi connectivity index (χ1) is 7.77. The number of aliphatic hydroxyl groups is 1. The first kappa shape index (κ1) is 14.4. The van der Waals surface area contributed by atoms with Gasteiger partial charge >= 0.3 is 0 Å². The number of nitrogens with one attached hydrogen (secondary N) is 1. The van der Waals surface area contributed by atoms with Crippen LogP contribution in [0.4, 0.5) is 5.69 Å². The molecule has 0 radical (unpaired) electrons. The van der Waals surface area contributed by atoms with E-state index in [1.165, 1.54) is 6.07 Å². The van der Waals surface area contributed by atoms with E-state index in [1.54, 1.807) is 19.9 Å². The summed E-state index contributed by atoms with van der Waals surface area (Å²) in [6, 6.07) is 2.58. The van der Waals surface area contributed by atoms with Gasteiger partial charge in [0.05, 0.1) is 11.5 Å². The molecule has 7 heteroatoms. The summed E-state index contributed by atoms with van der Waals surface area (Å²) in [6.07, 6.45) is 0. The zero-order chi connectivity index (χ0) is 13.2. The Morgan fingerprint density at radius 2 is 2.12 bits per heavy atom. The number of sulfonamides is 1. The molecule has 0 fully saturated rings. The van der Waals surface area contributed by atoms with Gasteiger partial charge in [-0.05, 0) is 31.5 Å². The Hall–Kier alpha value is -0.630. The molecule has 1 aromatic carbocycles. The average Bonchev–Trinajstić information content (AvgIpc) is 2.22. The van der Waals surface area contributed by atoms with Gasteiger partial charge in [0, 0.05) is 16.2 Å². The van der Waals surface area contributed by atoms with Crippen LogP contribution in [0, 0.1) is 6.92 Å². The molecule has 0 amide bonds. The molecule has 0 bridgehead atoms. The molecule has 1 atom stereocenters. The minimum absolute atomic E-state index is 0.115. The van der Waals surface area contributed by atoms with Gasteiger partial charge in [0.2, 0.25) is 10.0 Å². The van der Waals surface area contributed by atoms with Gasteiger partial charge < -0.3 is 10.8 Å². The van der Waals surface area contributed by atoms with E-state index in [0.717, 1.165) is 0 Å². The van der Waals surface area contributed by atoms with Crippen LogP contribution in [0.25, 0.3) is 0 Å². The summed E-state index contributed by atoms with van der Waals surface area (Å²) >= 11 is 3.20. The minimum atomic E-state index is -3.67. The van der Waals surface area contributed by atoms with Crippen LogP contribution in [0.3, 0.4) is 0 Å². The molecule has 0 spiro atoms. The number of rotatable bonds is 4. The van der Waals surface area contributed by atoms with Crippen molar-refractivity contribution in [2.45, 2.75) is 24.8 Å². The SMILES string of the molecule is Cc1c(N)cc(Br)cc1S(=O)(=O)N[C@@H](C)CO. The quantitative estimate of drug-likeness (QED) is 0.721. The maximum atomic E-state index is 12.0. The molecule has 0 aromatic heterocycles. The van der Waals surface area contributed by atoms with Gasteiger partial charge in [0.25, 0.3) is 0 Å². The lowest BCUT2D eigenvalue weighted by Crippen LogP contribution is -2.35. The largest absolute Gasteiger partial charge is 0.398 e. The number of anilines is 1. The van der Waals surface area contributed by atoms with E-state index < -0.39 is 16.1 Å². The molecule has 0 aliphatic carbocycles. The first-order valence-corrected chi connectivity index (χ1v) is 7.24. The third kappa shape index (κ3) is 3.41. The number of aliphatic hydroxyl groups excluding tert-OH is 1. The van der Waals surface area contributed by atoms with Crippen molar-refractivity contribution >= 4 is 31.6 Å². The summed E-state index contributed by atoms with van der Waals surface area (Å²) in [5.41, 5.74) is 6.60. The number of nitrogen functional groups attached to an aromatic ring is 1. The Morgan fingerprint density at radius 3 is 2.65 bits per heavy atom. The molecular formula is C10H15BrN2O3S. The Morgan fingerprint density at radius 1 is 1.53 bits per heavy atom. The minimum Gasteiger partial charge on any atom is -0.398 e. The molecule has 1 aromatic rings. The average molecular weight is 323 g/mol. The van der Waals surface area contributed by atoms with Crippen molar-refractivity contribution in [1.82, 2.24) is 4.72 Å². The van der Waals surface area contributed by atoms with Crippen molar-refractivity contribution in [2.75, 3.05) is 12.3 Å². The predicted octanol–water partition coefficient (Wildman–Crippen LogP) is 0.999. The van der Waals surface area contributed by atoms with Crippen LogP contribution < -0.4 is 10.5 Å². The van der Waals surface area contributed by atoms with Crippen LogP contribution in [-0.4, -0.2) is 26.2 Å². The van der Waals surface area contributed by atoms with Crippen LogP contribution in [0.1, 0.15) is 12.5 Å². The molecule has 0 unspecified atom stereocenters. The number of hydrogen-bond donors (Lipinski definition) is 3. The molecule has 4 N–H and O–H groups in total.